The summed E-state index contributed by atoms with van der Waals surface area (Å²) in [5.74, 6) is -1.13. The van der Waals surface area contributed by atoms with Crippen LogP contribution in [0.4, 0.5) is 0 Å². The smallest absolute Gasteiger partial charge is 0.243 e. The number of benzene rings is 1. The molecule has 0 aliphatic rings. The van der Waals surface area contributed by atoms with Crippen molar-refractivity contribution in [3.8, 4) is 5.75 Å². The second-order valence-corrected chi connectivity index (χ2v) is 6.66. The Kier molecular flexibility index (Phi) is 10.6. The van der Waals surface area contributed by atoms with Crippen molar-refractivity contribution in [2.24, 2.45) is 5.73 Å². The van der Waals surface area contributed by atoms with Crippen molar-refractivity contribution in [1.82, 2.24) is 10.6 Å². The van der Waals surface area contributed by atoms with Gasteiger partial charge in [-0.15, -0.1) is 0 Å². The van der Waals surface area contributed by atoms with Gasteiger partial charge in [0, 0.05) is 13.0 Å². The van der Waals surface area contributed by atoms with Crippen molar-refractivity contribution >= 4 is 17.7 Å². The van der Waals surface area contributed by atoms with E-state index >= 15 is 0 Å². The monoisotopic (exact) mass is 377 g/mol. The van der Waals surface area contributed by atoms with Crippen LogP contribution in [-0.4, -0.2) is 35.4 Å². The van der Waals surface area contributed by atoms with E-state index in [1.54, 1.807) is 24.3 Å². The Labute approximate surface area is 160 Å². The van der Waals surface area contributed by atoms with Gasteiger partial charge in [-0.2, -0.15) is 0 Å². The molecule has 1 rings (SSSR count). The highest BCUT2D eigenvalue weighted by Crippen LogP contribution is 2.09. The van der Waals surface area contributed by atoms with E-state index in [-0.39, 0.29) is 18.1 Å². The van der Waals surface area contributed by atoms with Crippen LogP contribution in [0.1, 0.15) is 57.4 Å². The summed E-state index contributed by atoms with van der Waals surface area (Å²) in [4.78, 5) is 35.6. The molecule has 0 fully saturated rings. The molecule has 0 saturated heterocycles. The minimum atomic E-state index is -0.953. The molecule has 0 radical (unpaired) electrons. The highest BCUT2D eigenvalue weighted by atomic mass is 16.3. The van der Waals surface area contributed by atoms with E-state index in [4.69, 9.17) is 5.73 Å². The number of phenolic OH excluding ortho intramolecular Hbond substituents is 1. The summed E-state index contributed by atoms with van der Waals surface area (Å²) in [5, 5.41) is 14.6. The maximum absolute atomic E-state index is 12.3. The van der Waals surface area contributed by atoms with Gasteiger partial charge in [0.1, 0.15) is 11.8 Å². The van der Waals surface area contributed by atoms with Crippen LogP contribution in [0.15, 0.2) is 24.3 Å². The van der Waals surface area contributed by atoms with Gasteiger partial charge < -0.3 is 21.5 Å². The van der Waals surface area contributed by atoms with E-state index in [1.165, 1.54) is 0 Å². The van der Waals surface area contributed by atoms with Crippen LogP contribution >= 0.6 is 0 Å². The molecule has 0 spiro atoms. The minimum Gasteiger partial charge on any atom is -0.508 e. The molecule has 5 N–H and O–H groups in total. The Morgan fingerprint density at radius 1 is 1.07 bits per heavy atom. The summed E-state index contributed by atoms with van der Waals surface area (Å²) in [5.41, 5.74) is 6.16. The van der Waals surface area contributed by atoms with Gasteiger partial charge >= 0.3 is 0 Å². The molecule has 0 unspecified atom stereocenters. The zero-order chi connectivity index (χ0) is 20.1. The molecule has 1 atom stereocenters. The molecule has 1 aromatic rings. The van der Waals surface area contributed by atoms with E-state index in [0.717, 1.165) is 37.7 Å². The first-order valence-corrected chi connectivity index (χ1v) is 9.55. The van der Waals surface area contributed by atoms with Crippen LogP contribution < -0.4 is 16.4 Å². The Balaban J connectivity index is 2.41. The number of carbonyl (C=O) groups is 3. The second-order valence-electron chi connectivity index (χ2n) is 6.66. The zero-order valence-electron chi connectivity index (χ0n) is 16.0. The molecule has 1 aromatic carbocycles. The highest BCUT2D eigenvalue weighted by Gasteiger charge is 2.22. The second kappa shape index (κ2) is 12.7. The highest BCUT2D eigenvalue weighted by molar-refractivity contribution is 5.91. The topological polar surface area (TPSA) is 122 Å². The maximum Gasteiger partial charge on any atom is 0.243 e. The number of phenols is 1. The fourth-order valence-electron chi connectivity index (χ4n) is 2.68. The molecule has 3 amide bonds. The molecule has 150 valence electrons. The van der Waals surface area contributed by atoms with E-state index in [1.807, 2.05) is 0 Å². The van der Waals surface area contributed by atoms with Gasteiger partial charge in [-0.1, -0.05) is 44.7 Å². The Morgan fingerprint density at radius 3 is 2.37 bits per heavy atom. The van der Waals surface area contributed by atoms with Crippen LogP contribution in [0.25, 0.3) is 0 Å². The molecule has 0 heterocycles. The average Bonchev–Trinajstić information content (AvgIpc) is 2.62. The van der Waals surface area contributed by atoms with Crippen LogP contribution in [0.2, 0.25) is 0 Å². The predicted molar refractivity (Wildman–Crippen MR) is 104 cm³/mol. The summed E-state index contributed by atoms with van der Waals surface area (Å²) < 4.78 is 0. The fraction of sp³-hybridized carbons (Fsp3) is 0.550. The number of unbranched alkanes of at least 4 members (excludes halogenated alkanes) is 4. The molecule has 0 saturated carbocycles. The van der Waals surface area contributed by atoms with E-state index < -0.39 is 17.9 Å². The normalized spacial score (nSPS) is 11.6. The predicted octanol–water partition coefficient (Wildman–Crippen LogP) is 1.77. The molecule has 7 nitrogen and oxygen atoms in total. The zero-order valence-corrected chi connectivity index (χ0v) is 16.0. The average molecular weight is 377 g/mol. The van der Waals surface area contributed by atoms with Crippen molar-refractivity contribution in [2.75, 3.05) is 6.54 Å². The van der Waals surface area contributed by atoms with E-state index in [9.17, 15) is 19.5 Å². The van der Waals surface area contributed by atoms with Crippen LogP contribution in [-0.2, 0) is 20.8 Å². The van der Waals surface area contributed by atoms with Crippen molar-refractivity contribution in [2.45, 2.75) is 64.3 Å². The van der Waals surface area contributed by atoms with Crippen LogP contribution in [0.3, 0.4) is 0 Å². The number of carbonyl (C=O) groups excluding carboxylic acids is 3. The Bertz CT molecular complexity index is 602. The standard InChI is InChI=1S/C20H31N3O4/c1-2-3-4-5-6-7-19(26)23-17(14-18(21)25)20(27)22-13-12-15-8-10-16(24)11-9-15/h8-11,17,24H,2-7,12-14H2,1H3,(H2,21,25)(H,22,27)(H,23,26)/t17-/m1/s1. The molecule has 7 heteroatoms. The minimum absolute atomic E-state index is 0.182. The fourth-order valence-corrected chi connectivity index (χ4v) is 2.68. The lowest BCUT2D eigenvalue weighted by Gasteiger charge is -2.17. The van der Waals surface area contributed by atoms with Gasteiger partial charge in [-0.25, -0.2) is 0 Å². The van der Waals surface area contributed by atoms with Gasteiger partial charge in [0.15, 0.2) is 0 Å². The number of nitrogens with one attached hydrogen (secondary N) is 2. The van der Waals surface area contributed by atoms with Crippen molar-refractivity contribution in [3.63, 3.8) is 0 Å². The first-order chi connectivity index (χ1) is 12.9. The van der Waals surface area contributed by atoms with Crippen molar-refractivity contribution < 1.29 is 19.5 Å². The summed E-state index contributed by atoms with van der Waals surface area (Å²) in [6.07, 6.45) is 5.78. The molecular formula is C20H31N3O4. The first-order valence-electron chi connectivity index (χ1n) is 9.55. The van der Waals surface area contributed by atoms with E-state index in [2.05, 4.69) is 17.6 Å². The van der Waals surface area contributed by atoms with Gasteiger partial charge in [0.05, 0.1) is 6.42 Å². The molecule has 27 heavy (non-hydrogen) atoms. The number of hydrogen-bond acceptors (Lipinski definition) is 4. The summed E-state index contributed by atoms with van der Waals surface area (Å²) in [6, 6.07) is 5.73. The number of hydrogen-bond donors (Lipinski definition) is 4. The summed E-state index contributed by atoms with van der Waals surface area (Å²) >= 11 is 0. The maximum atomic E-state index is 12.3. The largest absolute Gasteiger partial charge is 0.508 e. The van der Waals surface area contributed by atoms with Crippen LogP contribution in [0, 0.1) is 0 Å². The molecule has 0 aliphatic heterocycles. The van der Waals surface area contributed by atoms with Crippen LogP contribution in [0.5, 0.6) is 5.75 Å². The quantitative estimate of drug-likeness (QED) is 0.391. The SMILES string of the molecule is CCCCCCCC(=O)N[C@H](CC(N)=O)C(=O)NCCc1ccc(O)cc1. The number of primary amides is 1. The molecule has 0 aliphatic carbocycles. The lowest BCUT2D eigenvalue weighted by molar-refractivity contribution is -0.131. The number of rotatable bonds is 13. The number of amides is 3. The van der Waals surface area contributed by atoms with Crippen molar-refractivity contribution in [3.05, 3.63) is 29.8 Å². The third-order valence-electron chi connectivity index (χ3n) is 4.21. The lowest BCUT2D eigenvalue weighted by Crippen LogP contribution is -2.48. The third-order valence-corrected chi connectivity index (χ3v) is 4.21. The summed E-state index contributed by atoms with van der Waals surface area (Å²) in [6.45, 7) is 2.48. The van der Waals surface area contributed by atoms with E-state index in [0.29, 0.717) is 19.4 Å². The Morgan fingerprint density at radius 2 is 1.74 bits per heavy atom. The lowest BCUT2D eigenvalue weighted by atomic mass is 10.1. The summed E-state index contributed by atoms with van der Waals surface area (Å²) in [7, 11) is 0. The van der Waals surface area contributed by atoms with Gasteiger partial charge in [-0.3, -0.25) is 14.4 Å². The first kappa shape index (κ1) is 22.5. The van der Waals surface area contributed by atoms with Crippen molar-refractivity contribution in [1.29, 1.82) is 0 Å². The number of nitrogens with two attached hydrogens (primary N) is 1. The molecule has 0 bridgehead atoms. The van der Waals surface area contributed by atoms with Gasteiger partial charge in [0.25, 0.3) is 0 Å². The number of aromatic hydroxyl groups is 1. The third kappa shape index (κ3) is 10.2. The molecule has 0 aromatic heterocycles. The Hall–Kier alpha value is -2.57. The van der Waals surface area contributed by atoms with Gasteiger partial charge in [-0.05, 0) is 30.5 Å². The van der Waals surface area contributed by atoms with Gasteiger partial charge in [0.2, 0.25) is 17.7 Å². The molecular weight excluding hydrogens is 346 g/mol.